The van der Waals surface area contributed by atoms with E-state index in [1.54, 1.807) is 0 Å². The molecule has 1 aliphatic rings. The van der Waals surface area contributed by atoms with E-state index in [4.69, 9.17) is 0 Å². The maximum atomic E-state index is 2.28. The van der Waals surface area contributed by atoms with Gasteiger partial charge in [-0.2, -0.15) is 4.57 Å². The van der Waals surface area contributed by atoms with Gasteiger partial charge in [0.25, 0.3) is 0 Å². The van der Waals surface area contributed by atoms with Crippen LogP contribution < -0.4 is 28.5 Å². The van der Waals surface area contributed by atoms with Crippen LogP contribution in [0.3, 0.4) is 0 Å². The van der Waals surface area contributed by atoms with Crippen molar-refractivity contribution < 1.29 is 28.5 Å². The fourth-order valence-electron chi connectivity index (χ4n) is 1.74. The predicted molar refractivity (Wildman–Crippen MR) is 60.2 cm³/mol. The molecule has 1 aromatic carbocycles. The van der Waals surface area contributed by atoms with Crippen LogP contribution in [0, 0.1) is 0 Å². The molecule has 0 saturated carbocycles. The van der Waals surface area contributed by atoms with Gasteiger partial charge >= 0.3 is 0 Å². The molecule has 0 amide bonds. The molecule has 15 heavy (non-hydrogen) atoms. The number of thiazole rings is 1. The monoisotopic (exact) mass is 327 g/mol. The molecule has 1 aliphatic heterocycles. The highest BCUT2D eigenvalue weighted by Gasteiger charge is 2.17. The number of hydrogen-bond donors (Lipinski definition) is 0. The van der Waals surface area contributed by atoms with Crippen LogP contribution in [-0.2, 0) is 6.42 Å². The molecule has 0 fully saturated rings. The molecule has 0 bridgehead atoms. The minimum absolute atomic E-state index is 0. The quantitative estimate of drug-likeness (QED) is 0.465. The molecule has 2 aromatic rings. The van der Waals surface area contributed by atoms with Crippen LogP contribution in [0.1, 0.15) is 5.01 Å². The number of fused-ring (bicyclic) bond motifs is 3. The van der Waals surface area contributed by atoms with Crippen molar-refractivity contribution in [2.45, 2.75) is 6.42 Å². The van der Waals surface area contributed by atoms with Crippen LogP contribution in [0.2, 0.25) is 0 Å². The lowest BCUT2D eigenvalue weighted by molar-refractivity contribution is -0.541. The van der Waals surface area contributed by atoms with Crippen molar-refractivity contribution in [3.63, 3.8) is 0 Å². The van der Waals surface area contributed by atoms with Crippen molar-refractivity contribution in [3.8, 4) is 0 Å². The van der Waals surface area contributed by atoms with E-state index in [-0.39, 0.29) is 24.0 Å². The smallest absolute Gasteiger partial charge is 0.247 e. The first kappa shape index (κ1) is 10.8. The first-order valence-corrected chi connectivity index (χ1v) is 5.52. The Hall–Kier alpha value is -0.680. The van der Waals surface area contributed by atoms with Gasteiger partial charge < -0.3 is 24.0 Å². The Balaban J connectivity index is 0.000000853. The second kappa shape index (κ2) is 4.45. The molecular weight excluding hydrogens is 317 g/mol. The maximum absolute atomic E-state index is 2.28. The summed E-state index contributed by atoms with van der Waals surface area (Å²) in [6, 6.07) is 8.54. The summed E-state index contributed by atoms with van der Waals surface area (Å²) in [6.07, 6.45) is 9.57. The van der Waals surface area contributed by atoms with Gasteiger partial charge in [-0.15, -0.1) is 0 Å². The van der Waals surface area contributed by atoms with Gasteiger partial charge in [-0.25, -0.2) is 0 Å². The zero-order valence-corrected chi connectivity index (χ0v) is 11.0. The van der Waals surface area contributed by atoms with Crippen LogP contribution in [0.4, 0.5) is 0 Å². The van der Waals surface area contributed by atoms with E-state index in [2.05, 4.69) is 53.3 Å². The molecular formula is C12H10INS. The highest BCUT2D eigenvalue weighted by Crippen LogP contribution is 2.21. The highest BCUT2D eigenvalue weighted by atomic mass is 127. The fraction of sp³-hybridized carbons (Fsp3) is 0.0833. The van der Waals surface area contributed by atoms with Crippen molar-refractivity contribution in [2.75, 3.05) is 0 Å². The van der Waals surface area contributed by atoms with Crippen LogP contribution in [0.15, 0.2) is 42.5 Å². The van der Waals surface area contributed by atoms with E-state index in [9.17, 15) is 0 Å². The molecule has 0 N–H and O–H groups in total. The first-order chi connectivity index (χ1) is 6.95. The van der Waals surface area contributed by atoms with Crippen LogP contribution in [0.5, 0.6) is 0 Å². The largest absolute Gasteiger partial charge is 1.00 e. The number of benzene rings is 1. The molecule has 0 unspecified atom stereocenters. The van der Waals surface area contributed by atoms with Crippen molar-refractivity contribution in [1.29, 1.82) is 0 Å². The number of nitrogens with zero attached hydrogens (tertiary/aromatic N) is 1. The van der Waals surface area contributed by atoms with E-state index in [1.807, 2.05) is 11.3 Å². The molecule has 1 nitrogen and oxygen atoms in total. The first-order valence-electron chi connectivity index (χ1n) is 4.70. The van der Waals surface area contributed by atoms with Gasteiger partial charge in [-0.3, -0.25) is 0 Å². The average Bonchev–Trinajstić information content (AvgIpc) is 2.42. The third-order valence-electron chi connectivity index (χ3n) is 2.40. The van der Waals surface area contributed by atoms with Gasteiger partial charge in [0.2, 0.25) is 10.5 Å². The van der Waals surface area contributed by atoms with Gasteiger partial charge in [-0.05, 0) is 6.07 Å². The average molecular weight is 327 g/mol. The Kier molecular flexibility index (Phi) is 3.21. The van der Waals surface area contributed by atoms with E-state index in [0.29, 0.717) is 0 Å². The molecule has 3 rings (SSSR count). The topological polar surface area (TPSA) is 3.88 Å². The minimum Gasteiger partial charge on any atom is -1.00 e. The zero-order valence-electron chi connectivity index (χ0n) is 8.06. The second-order valence-corrected chi connectivity index (χ2v) is 4.42. The fourth-order valence-corrected chi connectivity index (χ4v) is 2.85. The highest BCUT2D eigenvalue weighted by molar-refractivity contribution is 7.18. The second-order valence-electron chi connectivity index (χ2n) is 3.31. The van der Waals surface area contributed by atoms with E-state index < -0.39 is 0 Å². The lowest BCUT2D eigenvalue weighted by Gasteiger charge is -1.86. The standard InChI is InChI=1S/C12H10NS.HI/c1-2-8-12-13(9-5-1)10-6-3-4-7-11(10)14-12;/h1-7,9H,8H2;1H/q+1;/p-1. The molecule has 0 saturated heterocycles. The summed E-state index contributed by atoms with van der Waals surface area (Å²) < 4.78 is 3.64. The van der Waals surface area contributed by atoms with Gasteiger partial charge in [-0.1, -0.05) is 35.6 Å². The van der Waals surface area contributed by atoms with E-state index in [0.717, 1.165) is 6.42 Å². The molecule has 0 radical (unpaired) electrons. The summed E-state index contributed by atoms with van der Waals surface area (Å²) in [5.41, 5.74) is 1.31. The molecule has 0 atom stereocenters. The Morgan fingerprint density at radius 1 is 1.13 bits per heavy atom. The van der Waals surface area contributed by atoms with Gasteiger partial charge in [0, 0.05) is 12.1 Å². The Bertz CT molecular complexity index is 540. The summed E-state index contributed by atoms with van der Waals surface area (Å²) in [6.45, 7) is 0. The van der Waals surface area contributed by atoms with E-state index >= 15 is 0 Å². The maximum Gasteiger partial charge on any atom is 0.247 e. The van der Waals surface area contributed by atoms with Crippen LogP contribution in [-0.4, -0.2) is 0 Å². The van der Waals surface area contributed by atoms with Crippen LogP contribution >= 0.6 is 11.3 Å². The summed E-state index contributed by atoms with van der Waals surface area (Å²) in [5.74, 6) is 0. The van der Waals surface area contributed by atoms with Crippen molar-refractivity contribution in [3.05, 3.63) is 47.5 Å². The predicted octanol–water partition coefficient (Wildman–Crippen LogP) is -0.224. The van der Waals surface area contributed by atoms with Gasteiger partial charge in [0.15, 0.2) is 6.20 Å². The summed E-state index contributed by atoms with van der Waals surface area (Å²) in [4.78, 5) is 0. The molecule has 0 spiro atoms. The van der Waals surface area contributed by atoms with Crippen molar-refractivity contribution in [2.24, 2.45) is 0 Å². The van der Waals surface area contributed by atoms with Gasteiger partial charge in [0.05, 0.1) is 6.42 Å². The SMILES string of the molecule is C1=CCc2sc3ccccc3[n+]2C=C1.[I-]. The van der Waals surface area contributed by atoms with Crippen LogP contribution in [0.25, 0.3) is 16.4 Å². The lowest BCUT2D eigenvalue weighted by Crippen LogP contribution is -3.00. The summed E-state index contributed by atoms with van der Waals surface area (Å²) in [7, 11) is 0. The number of aromatic nitrogens is 1. The van der Waals surface area contributed by atoms with Gasteiger partial charge in [0.1, 0.15) is 4.70 Å². The zero-order chi connectivity index (χ0) is 9.38. The Labute approximate surface area is 110 Å². The third-order valence-corrected chi connectivity index (χ3v) is 3.56. The number of hydrogen-bond acceptors (Lipinski definition) is 1. The normalized spacial score (nSPS) is 13.3. The minimum atomic E-state index is 0. The summed E-state index contributed by atoms with van der Waals surface area (Å²) >= 11 is 1.87. The molecule has 0 aliphatic carbocycles. The molecule has 3 heteroatoms. The molecule has 76 valence electrons. The number of para-hydroxylation sites is 1. The Morgan fingerprint density at radius 3 is 2.93 bits per heavy atom. The third kappa shape index (κ3) is 1.86. The van der Waals surface area contributed by atoms with Crippen molar-refractivity contribution in [1.82, 2.24) is 0 Å². The van der Waals surface area contributed by atoms with Crippen molar-refractivity contribution >= 4 is 27.8 Å². The molecule has 2 heterocycles. The number of rotatable bonds is 0. The Morgan fingerprint density at radius 2 is 2.00 bits per heavy atom. The molecule has 1 aromatic heterocycles. The lowest BCUT2D eigenvalue weighted by atomic mass is 10.3. The summed E-state index contributed by atoms with van der Waals surface area (Å²) in [5, 5.41) is 1.40. The number of allylic oxidation sites excluding steroid dienone is 3. The number of halogens is 1. The van der Waals surface area contributed by atoms with E-state index in [1.165, 1.54) is 15.2 Å².